The first kappa shape index (κ1) is 28.1. The molecule has 1 aromatic heterocycles. The minimum atomic E-state index is -3.62. The zero-order valence-electron chi connectivity index (χ0n) is 23.9. The van der Waals surface area contributed by atoms with Gasteiger partial charge in [-0.3, -0.25) is 0 Å². The highest BCUT2D eigenvalue weighted by molar-refractivity contribution is 7.89. The highest BCUT2D eigenvalue weighted by Gasteiger charge is 2.25. The fraction of sp³-hybridized carbons (Fsp3) is 0.419. The van der Waals surface area contributed by atoms with Gasteiger partial charge < -0.3 is 15.1 Å². The molecule has 1 aliphatic carbocycles. The van der Waals surface area contributed by atoms with Crippen molar-refractivity contribution in [3.05, 3.63) is 60.7 Å². The van der Waals surface area contributed by atoms with E-state index in [0.717, 1.165) is 72.0 Å². The molecule has 4 aromatic rings. The highest BCUT2D eigenvalue weighted by atomic mass is 32.2. The second kappa shape index (κ2) is 12.0. The SMILES string of the molecule is CCN(C)c1nc(NC[C@H]2CC[C@H](CNS(=O)(=O)c3cccc4c(N(C)C)cccc34)CC2)nc2ccccc12. The van der Waals surface area contributed by atoms with Crippen LogP contribution in [0.5, 0.6) is 0 Å². The molecule has 0 spiro atoms. The van der Waals surface area contributed by atoms with E-state index in [1.165, 1.54) is 0 Å². The number of aromatic nitrogens is 2. The molecule has 0 saturated heterocycles. The molecule has 1 saturated carbocycles. The number of fused-ring (bicyclic) bond motifs is 2. The van der Waals surface area contributed by atoms with E-state index in [9.17, 15) is 8.42 Å². The quantitative estimate of drug-likeness (QED) is 0.265. The third kappa shape index (κ3) is 6.00. The Balaban J connectivity index is 1.18. The first-order chi connectivity index (χ1) is 19.3. The monoisotopic (exact) mass is 560 g/mol. The molecular weight excluding hydrogens is 520 g/mol. The Labute approximate surface area is 237 Å². The van der Waals surface area contributed by atoms with E-state index >= 15 is 0 Å². The van der Waals surface area contributed by atoms with E-state index < -0.39 is 10.0 Å². The lowest BCUT2D eigenvalue weighted by Crippen LogP contribution is -2.32. The summed E-state index contributed by atoms with van der Waals surface area (Å²) in [5.41, 5.74) is 1.94. The zero-order valence-corrected chi connectivity index (χ0v) is 24.7. The summed E-state index contributed by atoms with van der Waals surface area (Å²) in [5.74, 6) is 2.45. The van der Waals surface area contributed by atoms with E-state index in [2.05, 4.69) is 35.0 Å². The third-order valence-corrected chi connectivity index (χ3v) is 9.61. The molecule has 0 atom stereocenters. The van der Waals surface area contributed by atoms with Gasteiger partial charge >= 0.3 is 0 Å². The highest BCUT2D eigenvalue weighted by Crippen LogP contribution is 2.32. The minimum Gasteiger partial charge on any atom is -0.377 e. The summed E-state index contributed by atoms with van der Waals surface area (Å²) in [7, 11) is 2.37. The molecule has 212 valence electrons. The van der Waals surface area contributed by atoms with Crippen LogP contribution in [0.4, 0.5) is 17.5 Å². The van der Waals surface area contributed by atoms with Crippen molar-refractivity contribution in [3.63, 3.8) is 0 Å². The molecule has 3 aromatic carbocycles. The van der Waals surface area contributed by atoms with Gasteiger partial charge in [0.2, 0.25) is 16.0 Å². The molecule has 5 rings (SSSR count). The van der Waals surface area contributed by atoms with Crippen LogP contribution in [0.3, 0.4) is 0 Å². The first-order valence-corrected chi connectivity index (χ1v) is 15.7. The summed E-state index contributed by atoms with van der Waals surface area (Å²) in [6.45, 7) is 4.26. The normalized spacial score (nSPS) is 17.7. The van der Waals surface area contributed by atoms with Crippen molar-refractivity contribution in [1.29, 1.82) is 0 Å². The van der Waals surface area contributed by atoms with Crippen LogP contribution in [-0.2, 0) is 10.0 Å². The van der Waals surface area contributed by atoms with Crippen molar-refractivity contribution in [2.45, 2.75) is 37.5 Å². The average Bonchev–Trinajstić information content (AvgIpc) is 2.98. The lowest BCUT2D eigenvalue weighted by molar-refractivity contribution is 0.284. The fourth-order valence-electron chi connectivity index (χ4n) is 5.65. The minimum absolute atomic E-state index is 0.333. The molecule has 8 nitrogen and oxygen atoms in total. The van der Waals surface area contributed by atoms with Gasteiger partial charge in [-0.15, -0.1) is 0 Å². The van der Waals surface area contributed by atoms with E-state index in [0.29, 0.717) is 29.2 Å². The Bertz CT molecular complexity index is 1580. The Morgan fingerprint density at radius 3 is 2.17 bits per heavy atom. The van der Waals surface area contributed by atoms with Crippen molar-refractivity contribution in [2.24, 2.45) is 11.8 Å². The number of hydrogen-bond donors (Lipinski definition) is 2. The Morgan fingerprint density at radius 2 is 1.45 bits per heavy atom. The molecule has 1 fully saturated rings. The van der Waals surface area contributed by atoms with Crippen molar-refractivity contribution in [2.75, 3.05) is 55.9 Å². The zero-order chi connectivity index (χ0) is 28.3. The number of benzene rings is 3. The number of nitrogens with one attached hydrogen (secondary N) is 2. The Morgan fingerprint density at radius 1 is 0.800 bits per heavy atom. The number of anilines is 3. The predicted molar refractivity (Wildman–Crippen MR) is 166 cm³/mol. The number of sulfonamides is 1. The van der Waals surface area contributed by atoms with E-state index in [4.69, 9.17) is 9.97 Å². The maximum atomic E-state index is 13.3. The molecule has 9 heteroatoms. The maximum Gasteiger partial charge on any atom is 0.241 e. The number of para-hydroxylation sites is 1. The van der Waals surface area contributed by atoms with Crippen molar-refractivity contribution >= 4 is 49.2 Å². The summed E-state index contributed by atoms with van der Waals surface area (Å²) in [5, 5.41) is 6.23. The molecule has 2 N–H and O–H groups in total. The Hall–Kier alpha value is -3.43. The van der Waals surface area contributed by atoms with Crippen LogP contribution < -0.4 is 19.8 Å². The standard InChI is InChI=1S/C31H40N6O2S/c1-5-37(4)30-26-10-6-7-13-27(26)34-31(35-30)32-20-22-16-18-23(19-17-22)21-33-40(38,39)29-15-9-11-24-25(29)12-8-14-28(24)36(2)3/h6-15,22-23,33H,5,16-21H2,1-4H3,(H,32,34,35)/t22-,23-. The average molecular weight is 561 g/mol. The lowest BCUT2D eigenvalue weighted by atomic mass is 9.82. The van der Waals surface area contributed by atoms with Gasteiger partial charge in [-0.05, 0) is 68.7 Å². The Kier molecular flexibility index (Phi) is 8.42. The van der Waals surface area contributed by atoms with Gasteiger partial charge in [0, 0.05) is 62.6 Å². The van der Waals surface area contributed by atoms with Crippen LogP contribution >= 0.6 is 0 Å². The van der Waals surface area contributed by atoms with Crippen LogP contribution in [-0.4, -0.2) is 59.2 Å². The second-order valence-corrected chi connectivity index (χ2v) is 12.8. The van der Waals surface area contributed by atoms with E-state index in [-0.39, 0.29) is 0 Å². The van der Waals surface area contributed by atoms with Gasteiger partial charge in [-0.2, -0.15) is 4.98 Å². The number of hydrogen-bond acceptors (Lipinski definition) is 7. The summed E-state index contributed by atoms with van der Waals surface area (Å²) in [6.07, 6.45) is 4.10. The second-order valence-electron chi connectivity index (χ2n) is 11.0. The maximum absolute atomic E-state index is 13.3. The van der Waals surface area contributed by atoms with Gasteiger partial charge in [0.05, 0.1) is 10.4 Å². The summed E-state index contributed by atoms with van der Waals surface area (Å²) in [4.78, 5) is 14.1. The van der Waals surface area contributed by atoms with Gasteiger partial charge in [0.1, 0.15) is 5.82 Å². The molecule has 40 heavy (non-hydrogen) atoms. The summed E-state index contributed by atoms with van der Waals surface area (Å²) >= 11 is 0. The van der Waals surface area contributed by atoms with Crippen LogP contribution in [0.15, 0.2) is 65.6 Å². The van der Waals surface area contributed by atoms with Crippen LogP contribution in [0.1, 0.15) is 32.6 Å². The molecule has 0 unspecified atom stereocenters. The predicted octanol–water partition coefficient (Wildman–Crippen LogP) is 5.50. The topological polar surface area (TPSA) is 90.5 Å². The summed E-state index contributed by atoms with van der Waals surface area (Å²) < 4.78 is 29.6. The molecule has 0 radical (unpaired) electrons. The van der Waals surface area contributed by atoms with Gasteiger partial charge in [-0.1, -0.05) is 36.4 Å². The molecule has 0 aliphatic heterocycles. The lowest BCUT2D eigenvalue weighted by Gasteiger charge is -2.29. The third-order valence-electron chi connectivity index (χ3n) is 8.13. The first-order valence-electron chi connectivity index (χ1n) is 14.2. The van der Waals surface area contributed by atoms with Gasteiger partial charge in [0.15, 0.2) is 0 Å². The number of rotatable bonds is 10. The smallest absolute Gasteiger partial charge is 0.241 e. The molecule has 0 bridgehead atoms. The molecular formula is C31H40N6O2S. The van der Waals surface area contributed by atoms with Crippen LogP contribution in [0.2, 0.25) is 0 Å². The molecule has 1 heterocycles. The van der Waals surface area contributed by atoms with Crippen molar-refractivity contribution in [3.8, 4) is 0 Å². The number of nitrogens with zero attached hydrogens (tertiary/aromatic N) is 4. The largest absolute Gasteiger partial charge is 0.377 e. The summed E-state index contributed by atoms with van der Waals surface area (Å²) in [6, 6.07) is 19.4. The van der Waals surface area contributed by atoms with E-state index in [1.807, 2.05) is 67.5 Å². The molecule has 1 aliphatic rings. The van der Waals surface area contributed by atoms with Gasteiger partial charge in [-0.25, -0.2) is 18.1 Å². The van der Waals surface area contributed by atoms with Crippen LogP contribution in [0.25, 0.3) is 21.7 Å². The van der Waals surface area contributed by atoms with Crippen molar-refractivity contribution < 1.29 is 8.42 Å². The van der Waals surface area contributed by atoms with Crippen molar-refractivity contribution in [1.82, 2.24) is 14.7 Å². The van der Waals surface area contributed by atoms with E-state index in [1.54, 1.807) is 6.07 Å². The molecule has 0 amide bonds. The fourth-order valence-corrected chi connectivity index (χ4v) is 6.99. The van der Waals surface area contributed by atoms with Gasteiger partial charge in [0.25, 0.3) is 0 Å². The van der Waals surface area contributed by atoms with Crippen LogP contribution in [0, 0.1) is 11.8 Å².